The summed E-state index contributed by atoms with van der Waals surface area (Å²) in [6, 6.07) is -2.74. The Hall–Kier alpha value is -0.220. The molecule has 8 heavy (non-hydrogen) atoms. The first kappa shape index (κ1) is 5.91. The number of nitrogens with one attached hydrogen (secondary N) is 1. The molecule has 1 saturated heterocycles. The van der Waals surface area contributed by atoms with Crippen LogP contribution in [0, 0.1) is 0 Å². The molecule has 0 bridgehead atoms. The first-order valence-corrected chi connectivity index (χ1v) is 2.47. The highest BCUT2D eigenvalue weighted by atomic mass is 19.3. The maximum Gasteiger partial charge on any atom is 0.316 e. The van der Waals surface area contributed by atoms with Gasteiger partial charge < -0.3 is 0 Å². The summed E-state index contributed by atoms with van der Waals surface area (Å²) in [6.45, 7) is 0.440. The predicted molar refractivity (Wildman–Crippen MR) is 24.8 cm³/mol. The summed E-state index contributed by atoms with van der Waals surface area (Å²) in [4.78, 5) is 0. The zero-order valence-corrected chi connectivity index (χ0v) is 4.32. The van der Waals surface area contributed by atoms with Gasteiger partial charge in [0.2, 0.25) is 0 Å². The van der Waals surface area contributed by atoms with E-state index < -0.39 is 6.05 Å². The Balaban J connectivity index is 2.33. The van der Waals surface area contributed by atoms with Crippen molar-refractivity contribution >= 4 is 0 Å². The first-order chi connectivity index (χ1) is 3.71. The van der Waals surface area contributed by atoms with Gasteiger partial charge in [-0.15, -0.1) is 0 Å². The van der Waals surface area contributed by atoms with Crippen molar-refractivity contribution < 1.29 is 8.78 Å². The number of rotatable bonds is 0. The first-order valence-electron chi connectivity index (χ1n) is 2.47. The summed E-state index contributed by atoms with van der Waals surface area (Å²) in [5.74, 6) is 0. The Morgan fingerprint density at radius 2 is 2.25 bits per heavy atom. The van der Waals surface area contributed by atoms with Crippen LogP contribution in [0.15, 0.2) is 0 Å². The van der Waals surface area contributed by atoms with Crippen LogP contribution in [0.25, 0.3) is 0 Å². The third-order valence-corrected chi connectivity index (χ3v) is 0.964. The second-order valence-electron chi connectivity index (χ2n) is 1.74. The smallest absolute Gasteiger partial charge is 0.256 e. The average Bonchev–Trinajstić information content (AvgIpc) is 1.65. The molecule has 0 saturated carbocycles. The summed E-state index contributed by atoms with van der Waals surface area (Å²) in [6.07, 6.45) is 0. The molecule has 1 aliphatic rings. The van der Waals surface area contributed by atoms with Gasteiger partial charge in [-0.25, -0.2) is 5.32 Å². The van der Waals surface area contributed by atoms with Gasteiger partial charge in [-0.05, 0) is 0 Å². The zero-order valence-electron chi connectivity index (χ0n) is 4.32. The third kappa shape index (κ3) is 1.38. The van der Waals surface area contributed by atoms with Crippen LogP contribution in [0.4, 0.5) is 8.78 Å². The van der Waals surface area contributed by atoms with E-state index in [9.17, 15) is 8.78 Å². The summed E-state index contributed by atoms with van der Waals surface area (Å²) in [7, 11) is 0. The van der Waals surface area contributed by atoms with Gasteiger partial charge >= 0.3 is 6.05 Å². The van der Waals surface area contributed by atoms with Gasteiger partial charge in [-0.1, -0.05) is 0 Å². The highest BCUT2D eigenvalue weighted by molar-refractivity contribution is 4.72. The number of hydrogen-bond donors (Lipinski definition) is 1. The quantitative estimate of drug-likeness (QED) is 0.441. The molecule has 1 N–H and O–H groups in total. The lowest BCUT2D eigenvalue weighted by molar-refractivity contribution is -0.0454. The lowest BCUT2D eigenvalue weighted by Gasteiger charge is -2.21. The fourth-order valence-electron chi connectivity index (χ4n) is 0.593. The molecule has 1 rings (SSSR count). The van der Waals surface area contributed by atoms with Crippen molar-refractivity contribution in [3.63, 3.8) is 0 Å². The van der Waals surface area contributed by atoms with E-state index in [1.807, 2.05) is 5.32 Å². The highest BCUT2D eigenvalue weighted by Crippen LogP contribution is 2.08. The monoisotopic (exact) mass is 121 g/mol. The van der Waals surface area contributed by atoms with Crippen LogP contribution in [0.1, 0.15) is 0 Å². The average molecular weight is 121 g/mol. The summed E-state index contributed by atoms with van der Waals surface area (Å²) < 4.78 is 24.0. The molecule has 1 heterocycles. The maximum atomic E-state index is 12.0. The van der Waals surface area contributed by atoms with Gasteiger partial charge in [0.25, 0.3) is 0 Å². The molecule has 1 fully saturated rings. The molecular formula is C4H7F2N2. The minimum atomic E-state index is -2.74. The molecule has 1 radical (unpaired) electrons. The van der Waals surface area contributed by atoms with Gasteiger partial charge in [0.1, 0.15) is 0 Å². The summed E-state index contributed by atoms with van der Waals surface area (Å²) in [5, 5.41) is 5.55. The number of nitrogens with zero attached hydrogens (tertiary/aromatic N) is 1. The van der Waals surface area contributed by atoms with E-state index in [4.69, 9.17) is 0 Å². The fourth-order valence-corrected chi connectivity index (χ4v) is 0.593. The van der Waals surface area contributed by atoms with Crippen LogP contribution in [0.5, 0.6) is 0 Å². The molecule has 0 aromatic rings. The minimum Gasteiger partial charge on any atom is -0.256 e. The molecular weight excluding hydrogens is 114 g/mol. The molecule has 47 valence electrons. The van der Waals surface area contributed by atoms with E-state index in [2.05, 4.69) is 5.32 Å². The molecule has 0 aromatic heterocycles. The van der Waals surface area contributed by atoms with Crippen molar-refractivity contribution in [2.24, 2.45) is 0 Å². The Labute approximate surface area is 46.3 Å². The van der Waals surface area contributed by atoms with Crippen molar-refractivity contribution in [3.05, 3.63) is 0 Å². The molecule has 0 spiro atoms. The van der Waals surface area contributed by atoms with Crippen LogP contribution < -0.4 is 10.6 Å². The van der Waals surface area contributed by atoms with Gasteiger partial charge in [0.05, 0.1) is 6.54 Å². The van der Waals surface area contributed by atoms with Crippen molar-refractivity contribution in [1.29, 1.82) is 0 Å². The van der Waals surface area contributed by atoms with Crippen molar-refractivity contribution in [1.82, 2.24) is 10.6 Å². The largest absolute Gasteiger partial charge is 0.316 e. The Morgan fingerprint density at radius 1 is 1.50 bits per heavy atom. The SMILES string of the molecule is FC1(F)C[N]CCN1. The van der Waals surface area contributed by atoms with E-state index in [0.717, 1.165) is 0 Å². The zero-order chi connectivity index (χ0) is 6.04. The highest BCUT2D eigenvalue weighted by Gasteiger charge is 2.30. The van der Waals surface area contributed by atoms with Crippen LogP contribution in [0.2, 0.25) is 0 Å². The van der Waals surface area contributed by atoms with Crippen LogP contribution in [0.3, 0.4) is 0 Å². The van der Waals surface area contributed by atoms with Crippen molar-refractivity contribution in [3.8, 4) is 0 Å². The van der Waals surface area contributed by atoms with Gasteiger partial charge in [0.15, 0.2) is 0 Å². The molecule has 0 aromatic carbocycles. The molecule has 2 nitrogen and oxygen atoms in total. The van der Waals surface area contributed by atoms with E-state index in [1.54, 1.807) is 0 Å². The Kier molecular flexibility index (Phi) is 1.44. The van der Waals surface area contributed by atoms with Crippen LogP contribution in [-0.4, -0.2) is 25.7 Å². The van der Waals surface area contributed by atoms with Gasteiger partial charge in [-0.3, -0.25) is 5.32 Å². The van der Waals surface area contributed by atoms with Crippen LogP contribution >= 0.6 is 0 Å². The second-order valence-corrected chi connectivity index (χ2v) is 1.74. The van der Waals surface area contributed by atoms with Crippen molar-refractivity contribution in [2.45, 2.75) is 6.05 Å². The molecule has 0 atom stereocenters. The summed E-state index contributed by atoms with van der Waals surface area (Å²) >= 11 is 0. The number of hydrogen-bond acceptors (Lipinski definition) is 1. The van der Waals surface area contributed by atoms with Crippen LogP contribution in [-0.2, 0) is 0 Å². The molecule has 0 aliphatic carbocycles. The fraction of sp³-hybridized carbons (Fsp3) is 1.00. The van der Waals surface area contributed by atoms with Gasteiger partial charge in [-0.2, -0.15) is 8.78 Å². The topological polar surface area (TPSA) is 26.1 Å². The molecule has 4 heteroatoms. The lowest BCUT2D eigenvalue weighted by atomic mass is 10.4. The van der Waals surface area contributed by atoms with E-state index >= 15 is 0 Å². The maximum absolute atomic E-state index is 12.0. The molecule has 0 unspecified atom stereocenters. The van der Waals surface area contributed by atoms with E-state index in [0.29, 0.717) is 13.1 Å². The molecule has 1 aliphatic heterocycles. The normalized spacial score (nSPS) is 27.8. The molecule has 0 amide bonds. The second kappa shape index (κ2) is 1.95. The van der Waals surface area contributed by atoms with Crippen molar-refractivity contribution in [2.75, 3.05) is 19.6 Å². The predicted octanol–water partition coefficient (Wildman–Crippen LogP) is -0.213. The number of halogens is 2. The number of piperazine rings is 1. The van der Waals surface area contributed by atoms with Gasteiger partial charge in [0, 0.05) is 13.1 Å². The summed E-state index contributed by atoms with van der Waals surface area (Å²) in [5.41, 5.74) is 0. The van der Waals surface area contributed by atoms with E-state index in [1.165, 1.54) is 0 Å². The number of alkyl halides is 2. The van der Waals surface area contributed by atoms with E-state index in [-0.39, 0.29) is 6.54 Å². The minimum absolute atomic E-state index is 0.299. The Bertz CT molecular complexity index is 76.1. The third-order valence-electron chi connectivity index (χ3n) is 0.964. The standard InChI is InChI=1S/C4H7F2N2/c5-4(6)3-7-1-2-8-4/h8H,1-3H2. The Morgan fingerprint density at radius 3 is 2.50 bits per heavy atom. The lowest BCUT2D eigenvalue weighted by Crippen LogP contribution is -2.50.